The standard InChI is InChI=1S/C20H24F2N2O2S/c1-11(27-17-7-15(21)2-3-16(17)22)18(25)23-19(26)24-20-8-12-4-13(9-20)6-14(5-12)10-20/h2-3,7,11-14H,4-6,8-10H2,1H3,(H2,23,24,25,26)/t11-,12?,13?,14?,20?/m1/s1. The molecule has 4 saturated carbocycles. The first-order valence-electron chi connectivity index (χ1n) is 9.56. The van der Waals surface area contributed by atoms with Crippen LogP contribution in [-0.2, 0) is 4.79 Å². The van der Waals surface area contributed by atoms with Crippen molar-refractivity contribution in [1.29, 1.82) is 0 Å². The average molecular weight is 394 g/mol. The number of rotatable bonds is 4. The summed E-state index contributed by atoms with van der Waals surface area (Å²) in [5.74, 6) is 0.420. The molecule has 0 unspecified atom stereocenters. The SMILES string of the molecule is C[C@@H](Sc1cc(F)ccc1F)C(=O)NC(=O)NC12CC3CC(CC(C3)C1)C2. The molecule has 1 aromatic rings. The maximum absolute atomic E-state index is 13.7. The highest BCUT2D eigenvalue weighted by molar-refractivity contribution is 8.00. The zero-order chi connectivity index (χ0) is 19.2. The van der Waals surface area contributed by atoms with E-state index in [4.69, 9.17) is 0 Å². The Morgan fingerprint density at radius 2 is 1.70 bits per heavy atom. The van der Waals surface area contributed by atoms with Crippen LogP contribution in [0.4, 0.5) is 13.6 Å². The number of thioether (sulfide) groups is 1. The van der Waals surface area contributed by atoms with Gasteiger partial charge in [-0.2, -0.15) is 0 Å². The molecule has 0 aliphatic heterocycles. The predicted molar refractivity (Wildman–Crippen MR) is 99.3 cm³/mol. The minimum absolute atomic E-state index is 0.0548. The molecule has 0 heterocycles. The van der Waals surface area contributed by atoms with E-state index in [9.17, 15) is 18.4 Å². The van der Waals surface area contributed by atoms with E-state index in [0.717, 1.165) is 49.2 Å². The Hall–Kier alpha value is -1.63. The summed E-state index contributed by atoms with van der Waals surface area (Å²) in [5, 5.41) is 4.74. The molecule has 1 atom stereocenters. The normalized spacial score (nSPS) is 32.2. The van der Waals surface area contributed by atoms with Crippen LogP contribution in [0.5, 0.6) is 0 Å². The molecule has 4 aliphatic carbocycles. The van der Waals surface area contributed by atoms with E-state index < -0.39 is 28.8 Å². The molecular formula is C20H24F2N2O2S. The van der Waals surface area contributed by atoms with Crippen LogP contribution in [0.1, 0.15) is 45.4 Å². The molecule has 4 fully saturated rings. The topological polar surface area (TPSA) is 58.2 Å². The fraction of sp³-hybridized carbons (Fsp3) is 0.600. The van der Waals surface area contributed by atoms with Gasteiger partial charge in [-0.05, 0) is 81.4 Å². The zero-order valence-electron chi connectivity index (χ0n) is 15.3. The van der Waals surface area contributed by atoms with Gasteiger partial charge in [0.15, 0.2) is 0 Å². The van der Waals surface area contributed by atoms with Gasteiger partial charge in [-0.15, -0.1) is 11.8 Å². The fourth-order valence-electron chi connectivity index (χ4n) is 5.56. The molecule has 1 aromatic carbocycles. The summed E-state index contributed by atoms with van der Waals surface area (Å²) >= 11 is 0.897. The number of benzene rings is 1. The first-order valence-corrected chi connectivity index (χ1v) is 10.4. The van der Waals surface area contributed by atoms with Gasteiger partial charge in [-0.1, -0.05) is 0 Å². The number of carbonyl (C=O) groups is 2. The number of halogens is 2. The molecule has 2 N–H and O–H groups in total. The van der Waals surface area contributed by atoms with Gasteiger partial charge in [0, 0.05) is 10.4 Å². The maximum Gasteiger partial charge on any atom is 0.321 e. The largest absolute Gasteiger partial charge is 0.332 e. The third-order valence-electron chi connectivity index (χ3n) is 6.22. The molecule has 4 nitrogen and oxygen atoms in total. The summed E-state index contributed by atoms with van der Waals surface area (Å²) in [4.78, 5) is 24.8. The number of nitrogens with one attached hydrogen (secondary N) is 2. The summed E-state index contributed by atoms with van der Waals surface area (Å²) in [6.07, 6.45) is 6.81. The molecule has 27 heavy (non-hydrogen) atoms. The molecule has 0 spiro atoms. The summed E-state index contributed by atoms with van der Waals surface area (Å²) < 4.78 is 27.0. The number of hydrogen-bond donors (Lipinski definition) is 2. The lowest BCUT2D eigenvalue weighted by atomic mass is 9.53. The van der Waals surface area contributed by atoms with Gasteiger partial charge in [0.05, 0.1) is 5.25 Å². The van der Waals surface area contributed by atoms with Crippen LogP contribution in [0.25, 0.3) is 0 Å². The molecular weight excluding hydrogens is 370 g/mol. The second-order valence-corrected chi connectivity index (χ2v) is 9.86. The van der Waals surface area contributed by atoms with Crippen molar-refractivity contribution >= 4 is 23.7 Å². The third-order valence-corrected chi connectivity index (χ3v) is 7.35. The lowest BCUT2D eigenvalue weighted by molar-refractivity contribution is -0.119. The van der Waals surface area contributed by atoms with E-state index in [1.54, 1.807) is 6.92 Å². The minimum Gasteiger partial charge on any atom is -0.332 e. The van der Waals surface area contributed by atoms with E-state index in [2.05, 4.69) is 10.6 Å². The molecule has 0 saturated heterocycles. The Morgan fingerprint density at radius 3 is 2.30 bits per heavy atom. The van der Waals surface area contributed by atoms with Crippen molar-refractivity contribution in [3.8, 4) is 0 Å². The number of amides is 3. The van der Waals surface area contributed by atoms with Crippen LogP contribution >= 0.6 is 11.8 Å². The van der Waals surface area contributed by atoms with Crippen LogP contribution in [-0.4, -0.2) is 22.7 Å². The smallest absolute Gasteiger partial charge is 0.321 e. The van der Waals surface area contributed by atoms with Crippen molar-refractivity contribution in [3.63, 3.8) is 0 Å². The second kappa shape index (κ2) is 7.08. The number of imide groups is 1. The van der Waals surface area contributed by atoms with Crippen molar-refractivity contribution in [1.82, 2.24) is 10.6 Å². The molecule has 7 heteroatoms. The summed E-state index contributed by atoms with van der Waals surface area (Å²) in [5.41, 5.74) is -0.176. The van der Waals surface area contributed by atoms with Crippen molar-refractivity contribution < 1.29 is 18.4 Å². The van der Waals surface area contributed by atoms with Gasteiger partial charge < -0.3 is 5.32 Å². The summed E-state index contributed by atoms with van der Waals surface area (Å²) in [6.45, 7) is 1.57. The number of carbonyl (C=O) groups excluding carboxylic acids is 2. The quantitative estimate of drug-likeness (QED) is 0.751. The molecule has 4 bridgehead atoms. The molecule has 0 aromatic heterocycles. The van der Waals surface area contributed by atoms with Crippen LogP contribution in [0.2, 0.25) is 0 Å². The van der Waals surface area contributed by atoms with E-state index in [1.807, 2.05) is 0 Å². The van der Waals surface area contributed by atoms with Gasteiger partial charge in [0.1, 0.15) is 11.6 Å². The lowest BCUT2D eigenvalue weighted by Gasteiger charge is -2.56. The zero-order valence-corrected chi connectivity index (χ0v) is 16.1. The first kappa shape index (κ1) is 18.7. The highest BCUT2D eigenvalue weighted by Gasteiger charge is 2.51. The van der Waals surface area contributed by atoms with Gasteiger partial charge in [0.2, 0.25) is 5.91 Å². The molecule has 0 radical (unpaired) electrons. The van der Waals surface area contributed by atoms with Crippen LogP contribution < -0.4 is 10.6 Å². The third kappa shape index (κ3) is 3.98. The summed E-state index contributed by atoms with van der Waals surface area (Å²) in [6, 6.07) is 2.64. The molecule has 4 aliphatic rings. The molecule has 146 valence electrons. The Morgan fingerprint density at radius 1 is 1.11 bits per heavy atom. The van der Waals surface area contributed by atoms with Gasteiger partial charge in [0.25, 0.3) is 0 Å². The second-order valence-electron chi connectivity index (χ2n) is 8.48. The summed E-state index contributed by atoms with van der Waals surface area (Å²) in [7, 11) is 0. The predicted octanol–water partition coefficient (Wildman–Crippen LogP) is 4.24. The minimum atomic E-state index is -0.719. The van der Waals surface area contributed by atoms with Crippen LogP contribution in [0.15, 0.2) is 23.1 Å². The molecule has 5 rings (SSSR count). The van der Waals surface area contributed by atoms with Gasteiger partial charge in [-0.25, -0.2) is 13.6 Å². The Balaban J connectivity index is 1.34. The van der Waals surface area contributed by atoms with E-state index in [-0.39, 0.29) is 10.4 Å². The van der Waals surface area contributed by atoms with Crippen LogP contribution in [0.3, 0.4) is 0 Å². The van der Waals surface area contributed by atoms with Crippen molar-refractivity contribution in [2.75, 3.05) is 0 Å². The van der Waals surface area contributed by atoms with Crippen LogP contribution in [0, 0.1) is 29.4 Å². The Bertz CT molecular complexity index is 735. The van der Waals surface area contributed by atoms with E-state index >= 15 is 0 Å². The van der Waals surface area contributed by atoms with Gasteiger partial charge in [-0.3, -0.25) is 10.1 Å². The monoisotopic (exact) mass is 394 g/mol. The van der Waals surface area contributed by atoms with E-state index in [1.165, 1.54) is 19.3 Å². The van der Waals surface area contributed by atoms with Crippen molar-refractivity contribution in [2.45, 2.75) is 61.1 Å². The van der Waals surface area contributed by atoms with E-state index in [0.29, 0.717) is 17.8 Å². The van der Waals surface area contributed by atoms with Crippen molar-refractivity contribution in [3.05, 3.63) is 29.8 Å². The molecule has 3 amide bonds. The fourth-order valence-corrected chi connectivity index (χ4v) is 6.47. The Labute approximate surface area is 161 Å². The average Bonchev–Trinajstić information content (AvgIpc) is 2.56. The van der Waals surface area contributed by atoms with Gasteiger partial charge >= 0.3 is 6.03 Å². The Kier molecular flexibility index (Phi) is 4.91. The lowest BCUT2D eigenvalue weighted by Crippen LogP contribution is -2.62. The maximum atomic E-state index is 13.7. The first-order chi connectivity index (χ1) is 12.8. The van der Waals surface area contributed by atoms with Crippen molar-refractivity contribution in [2.24, 2.45) is 17.8 Å². The number of hydrogen-bond acceptors (Lipinski definition) is 3. The highest BCUT2D eigenvalue weighted by atomic mass is 32.2. The number of urea groups is 1. The highest BCUT2D eigenvalue weighted by Crippen LogP contribution is 2.55.